The molecule has 4 heteroatoms. The molecule has 0 amide bonds. The molecule has 0 radical (unpaired) electrons. The van der Waals surface area contributed by atoms with Gasteiger partial charge in [0, 0.05) is 11.6 Å². The Labute approximate surface area is 87.6 Å². The number of methoxy groups -OCH3 is 1. The first-order valence-electron chi connectivity index (χ1n) is 4.35. The molecule has 0 aromatic heterocycles. The lowest BCUT2D eigenvalue weighted by atomic mass is 10.2. The minimum Gasteiger partial charge on any atom is -0.496 e. The molecule has 0 aliphatic heterocycles. The monoisotopic (exact) mass is 205 g/mol. The zero-order valence-electron chi connectivity index (χ0n) is 8.29. The average molecular weight is 205 g/mol. The lowest BCUT2D eigenvalue weighted by molar-refractivity contribution is -0.402. The molecule has 0 unspecified atom stereocenters. The molecule has 0 atom stereocenters. The third-order valence-electron chi connectivity index (χ3n) is 1.73. The molecule has 1 aromatic carbocycles. The number of para-hydroxylation sites is 1. The van der Waals surface area contributed by atoms with E-state index in [2.05, 4.69) is 0 Å². The first kappa shape index (κ1) is 11.0. The second-order valence-electron chi connectivity index (χ2n) is 2.73. The van der Waals surface area contributed by atoms with E-state index in [-0.39, 0.29) is 0 Å². The Morgan fingerprint density at radius 2 is 2.07 bits per heavy atom. The van der Waals surface area contributed by atoms with Gasteiger partial charge in [-0.25, -0.2) is 0 Å². The average Bonchev–Trinajstić information content (AvgIpc) is 2.24. The third-order valence-corrected chi connectivity index (χ3v) is 1.73. The number of hydrogen-bond acceptors (Lipinski definition) is 3. The van der Waals surface area contributed by atoms with Crippen LogP contribution in [0.15, 0.2) is 42.6 Å². The maximum absolute atomic E-state index is 9.99. The maximum Gasteiger partial charge on any atom is 0.234 e. The van der Waals surface area contributed by atoms with Gasteiger partial charge in [0.1, 0.15) is 5.75 Å². The number of allylic oxidation sites excluding steroid dienone is 2. The Kier molecular flexibility index (Phi) is 4.09. The summed E-state index contributed by atoms with van der Waals surface area (Å²) in [4.78, 5) is 9.49. The summed E-state index contributed by atoms with van der Waals surface area (Å²) in [5, 5.41) is 9.99. The SMILES string of the molecule is COc1ccccc1/C=C/C=C/[N+](=O)[O-]. The summed E-state index contributed by atoms with van der Waals surface area (Å²) in [6.07, 6.45) is 5.60. The van der Waals surface area contributed by atoms with Crippen molar-refractivity contribution >= 4 is 6.08 Å². The van der Waals surface area contributed by atoms with Crippen LogP contribution in [-0.2, 0) is 0 Å². The van der Waals surface area contributed by atoms with Crippen LogP contribution in [0.5, 0.6) is 5.75 Å². The van der Waals surface area contributed by atoms with E-state index < -0.39 is 4.92 Å². The molecule has 0 heterocycles. The highest BCUT2D eigenvalue weighted by molar-refractivity contribution is 5.58. The van der Waals surface area contributed by atoms with Crippen molar-refractivity contribution in [2.75, 3.05) is 7.11 Å². The molecule has 78 valence electrons. The number of ether oxygens (including phenoxy) is 1. The second-order valence-corrected chi connectivity index (χ2v) is 2.73. The summed E-state index contributed by atoms with van der Waals surface area (Å²) in [7, 11) is 1.58. The van der Waals surface area contributed by atoms with E-state index in [9.17, 15) is 10.1 Å². The normalized spacial score (nSPS) is 11.0. The quantitative estimate of drug-likeness (QED) is 0.431. The minimum absolute atomic E-state index is 0.507. The van der Waals surface area contributed by atoms with Gasteiger partial charge in [0.15, 0.2) is 0 Å². The molecule has 1 aromatic rings. The molecule has 1 rings (SSSR count). The number of nitrogens with zero attached hydrogens (tertiary/aromatic N) is 1. The van der Waals surface area contributed by atoms with Crippen LogP contribution in [0.4, 0.5) is 0 Å². The molecule has 0 saturated heterocycles. The predicted molar refractivity (Wildman–Crippen MR) is 58.2 cm³/mol. The molecule has 15 heavy (non-hydrogen) atoms. The summed E-state index contributed by atoms with van der Waals surface area (Å²) >= 11 is 0. The molecule has 0 aliphatic rings. The standard InChI is InChI=1S/C11H11NO3/c1-15-11-8-3-2-6-10(11)7-4-5-9-12(13)14/h2-9H,1H3/b7-4+,9-5+. The fourth-order valence-corrected chi connectivity index (χ4v) is 1.08. The summed E-state index contributed by atoms with van der Waals surface area (Å²) in [6, 6.07) is 7.44. The van der Waals surface area contributed by atoms with E-state index in [0.717, 1.165) is 17.5 Å². The van der Waals surface area contributed by atoms with Gasteiger partial charge in [-0.2, -0.15) is 0 Å². The Bertz CT molecular complexity index is 397. The van der Waals surface area contributed by atoms with Crippen molar-refractivity contribution in [2.45, 2.75) is 0 Å². The molecule has 0 fully saturated rings. The number of benzene rings is 1. The van der Waals surface area contributed by atoms with Crippen LogP contribution < -0.4 is 4.74 Å². The van der Waals surface area contributed by atoms with Crippen molar-refractivity contribution < 1.29 is 9.66 Å². The molecule has 0 spiro atoms. The molecule has 0 aliphatic carbocycles. The van der Waals surface area contributed by atoms with Crippen molar-refractivity contribution in [3.05, 3.63) is 58.3 Å². The van der Waals surface area contributed by atoms with Crippen LogP contribution in [0.25, 0.3) is 6.08 Å². The highest BCUT2D eigenvalue weighted by Crippen LogP contribution is 2.18. The minimum atomic E-state index is -0.507. The van der Waals surface area contributed by atoms with Crippen molar-refractivity contribution in [1.82, 2.24) is 0 Å². The van der Waals surface area contributed by atoms with Gasteiger partial charge in [0.25, 0.3) is 0 Å². The number of hydrogen-bond donors (Lipinski definition) is 0. The Morgan fingerprint density at radius 1 is 1.33 bits per heavy atom. The zero-order valence-corrected chi connectivity index (χ0v) is 8.29. The van der Waals surface area contributed by atoms with Crippen molar-refractivity contribution in [2.24, 2.45) is 0 Å². The molecule has 0 saturated carbocycles. The Balaban J connectivity index is 2.75. The van der Waals surface area contributed by atoms with Crippen molar-refractivity contribution in [3.8, 4) is 5.75 Å². The van der Waals surface area contributed by atoms with Crippen LogP contribution >= 0.6 is 0 Å². The topological polar surface area (TPSA) is 52.4 Å². The van der Waals surface area contributed by atoms with Crippen LogP contribution in [0.3, 0.4) is 0 Å². The largest absolute Gasteiger partial charge is 0.496 e. The Morgan fingerprint density at radius 3 is 2.73 bits per heavy atom. The fourth-order valence-electron chi connectivity index (χ4n) is 1.08. The van der Waals surface area contributed by atoms with E-state index in [4.69, 9.17) is 4.74 Å². The lowest BCUT2D eigenvalue weighted by Crippen LogP contribution is -1.85. The van der Waals surface area contributed by atoms with Crippen LogP contribution in [-0.4, -0.2) is 12.0 Å². The highest BCUT2D eigenvalue weighted by atomic mass is 16.6. The molecule has 0 N–H and O–H groups in total. The van der Waals surface area contributed by atoms with Crippen molar-refractivity contribution in [3.63, 3.8) is 0 Å². The Hall–Kier alpha value is -2.10. The van der Waals surface area contributed by atoms with E-state index >= 15 is 0 Å². The predicted octanol–water partition coefficient (Wildman–Crippen LogP) is 2.50. The van der Waals surface area contributed by atoms with Crippen LogP contribution in [0, 0.1) is 10.1 Å². The van der Waals surface area contributed by atoms with E-state index in [1.54, 1.807) is 19.3 Å². The molecule has 0 bridgehead atoms. The molecule has 4 nitrogen and oxygen atoms in total. The van der Waals surface area contributed by atoms with Gasteiger partial charge in [0.05, 0.1) is 12.0 Å². The molecular weight excluding hydrogens is 194 g/mol. The fraction of sp³-hybridized carbons (Fsp3) is 0.0909. The second kappa shape index (κ2) is 5.59. The molecular formula is C11H11NO3. The summed E-state index contributed by atoms with van der Waals surface area (Å²) < 4.78 is 5.11. The first-order valence-corrected chi connectivity index (χ1v) is 4.35. The van der Waals surface area contributed by atoms with Crippen LogP contribution in [0.2, 0.25) is 0 Å². The van der Waals surface area contributed by atoms with E-state index in [1.165, 1.54) is 6.08 Å². The summed E-state index contributed by atoms with van der Waals surface area (Å²) in [5.74, 6) is 0.739. The van der Waals surface area contributed by atoms with Gasteiger partial charge in [-0.05, 0) is 6.07 Å². The third kappa shape index (κ3) is 3.64. The van der Waals surface area contributed by atoms with E-state index in [1.807, 2.05) is 24.3 Å². The number of nitro groups is 1. The van der Waals surface area contributed by atoms with Gasteiger partial charge in [-0.15, -0.1) is 0 Å². The van der Waals surface area contributed by atoms with Gasteiger partial charge in [-0.1, -0.05) is 30.4 Å². The van der Waals surface area contributed by atoms with Gasteiger partial charge >= 0.3 is 0 Å². The highest BCUT2D eigenvalue weighted by Gasteiger charge is 1.95. The van der Waals surface area contributed by atoms with Gasteiger partial charge < -0.3 is 4.74 Å². The first-order chi connectivity index (χ1) is 7.24. The van der Waals surface area contributed by atoms with Gasteiger partial charge in [0.2, 0.25) is 6.20 Å². The zero-order chi connectivity index (χ0) is 11.1. The van der Waals surface area contributed by atoms with Gasteiger partial charge in [-0.3, -0.25) is 10.1 Å². The van der Waals surface area contributed by atoms with Crippen LogP contribution in [0.1, 0.15) is 5.56 Å². The number of rotatable bonds is 4. The lowest BCUT2D eigenvalue weighted by Gasteiger charge is -2.02. The maximum atomic E-state index is 9.99. The smallest absolute Gasteiger partial charge is 0.234 e. The van der Waals surface area contributed by atoms with Crippen molar-refractivity contribution in [1.29, 1.82) is 0 Å². The summed E-state index contributed by atoms with van der Waals surface area (Å²) in [6.45, 7) is 0. The van der Waals surface area contributed by atoms with E-state index in [0.29, 0.717) is 0 Å². The summed E-state index contributed by atoms with van der Waals surface area (Å²) in [5.41, 5.74) is 0.882.